The molecule has 1 atom stereocenters. The van der Waals surface area contributed by atoms with Gasteiger partial charge >= 0.3 is 6.18 Å². The number of thiazole rings is 1. The van der Waals surface area contributed by atoms with Gasteiger partial charge in [0.25, 0.3) is 5.91 Å². The van der Waals surface area contributed by atoms with Crippen molar-refractivity contribution >= 4 is 46.3 Å². The summed E-state index contributed by atoms with van der Waals surface area (Å²) in [4.78, 5) is 41.3. The topological polar surface area (TPSA) is 144 Å². The predicted molar refractivity (Wildman–Crippen MR) is 124 cm³/mol. The number of rotatable bonds is 9. The minimum Gasteiger partial charge on any atom is -0.396 e. The minimum atomic E-state index is -4.70. The molecule has 0 bridgehead atoms. The molecule has 1 unspecified atom stereocenters. The van der Waals surface area contributed by atoms with Gasteiger partial charge in [0.2, 0.25) is 0 Å². The van der Waals surface area contributed by atoms with Crippen molar-refractivity contribution in [2.75, 3.05) is 17.7 Å². The van der Waals surface area contributed by atoms with Crippen LogP contribution < -0.4 is 11.1 Å². The van der Waals surface area contributed by atoms with Crippen LogP contribution in [0.5, 0.6) is 0 Å². The first kappa shape index (κ1) is 26.4. The maximum Gasteiger partial charge on any atom is 0.418 e. The zero-order chi connectivity index (χ0) is 25.8. The Morgan fingerprint density at radius 2 is 1.97 bits per heavy atom. The summed E-state index contributed by atoms with van der Waals surface area (Å²) in [5.74, 6) is -1.54. The molecule has 3 heterocycles. The van der Waals surface area contributed by atoms with Gasteiger partial charge in [-0.05, 0) is 18.9 Å². The van der Waals surface area contributed by atoms with Crippen LogP contribution in [-0.4, -0.2) is 43.3 Å². The summed E-state index contributed by atoms with van der Waals surface area (Å²) in [5.41, 5.74) is 5.38. The highest BCUT2D eigenvalue weighted by Crippen LogP contribution is 2.35. The van der Waals surface area contributed by atoms with Crippen molar-refractivity contribution in [3.05, 3.63) is 56.5 Å². The number of alkyl halides is 3. The molecule has 0 saturated carbocycles. The van der Waals surface area contributed by atoms with Gasteiger partial charge in [0, 0.05) is 30.7 Å². The Balaban J connectivity index is 1.70. The fraction of sp³-hybridized carbons (Fsp3) is 0.333. The summed E-state index contributed by atoms with van der Waals surface area (Å²) in [6.45, 7) is 1.66. The third-order valence-electron chi connectivity index (χ3n) is 4.89. The lowest BCUT2D eigenvalue weighted by Crippen LogP contribution is -2.14. The molecule has 9 nitrogen and oxygen atoms in total. The van der Waals surface area contributed by atoms with E-state index >= 15 is 0 Å². The molecule has 4 N–H and O–H groups in total. The Hall–Kier alpha value is -3.16. The Morgan fingerprint density at radius 3 is 2.66 bits per heavy atom. The SMILES string of the molecule is CC(CC(=O)c1ncnc(N)c1CCCO)c1ncc(C(=O)Nc2cc(C(F)(F)F)c(Cl)cn2)s1. The lowest BCUT2D eigenvalue weighted by molar-refractivity contribution is -0.137. The largest absolute Gasteiger partial charge is 0.418 e. The van der Waals surface area contributed by atoms with Crippen LogP contribution in [0, 0.1) is 0 Å². The lowest BCUT2D eigenvalue weighted by atomic mass is 9.99. The minimum absolute atomic E-state index is 0.0187. The van der Waals surface area contributed by atoms with Gasteiger partial charge in [0.15, 0.2) is 5.78 Å². The number of Topliss-reactive ketones (excluding diaryl/α,β-unsaturated/α-hetero) is 1. The molecule has 0 aliphatic heterocycles. The van der Waals surface area contributed by atoms with Crippen molar-refractivity contribution in [1.82, 2.24) is 19.9 Å². The lowest BCUT2D eigenvalue weighted by Gasteiger charge is -2.11. The maximum atomic E-state index is 13.0. The number of nitrogens with one attached hydrogen (secondary N) is 1. The van der Waals surface area contributed by atoms with Crippen LogP contribution >= 0.6 is 22.9 Å². The Morgan fingerprint density at radius 1 is 1.23 bits per heavy atom. The van der Waals surface area contributed by atoms with Crippen LogP contribution in [0.3, 0.4) is 0 Å². The molecule has 0 spiro atoms. The van der Waals surface area contributed by atoms with Crippen molar-refractivity contribution in [3.63, 3.8) is 0 Å². The summed E-state index contributed by atoms with van der Waals surface area (Å²) in [6.07, 6.45) is -0.681. The first-order valence-corrected chi connectivity index (χ1v) is 11.4. The highest BCUT2D eigenvalue weighted by atomic mass is 35.5. The number of hydrogen-bond acceptors (Lipinski definition) is 9. The molecule has 0 aromatic carbocycles. The predicted octanol–water partition coefficient (Wildman–Crippen LogP) is 4.14. The average Bonchev–Trinajstić information content (AvgIpc) is 3.29. The standard InChI is InChI=1S/C21H20ClF3N6O3S/c1-10(5-14(33)17-11(3-2-4-32)18(26)30-9-29-17)20-28-8-15(35-20)19(34)31-16-6-12(21(23,24)25)13(22)7-27-16/h6-10,32H,2-5H2,1H3,(H2,26,29,30)(H,27,31,34). The number of amides is 1. The van der Waals surface area contributed by atoms with Crippen LogP contribution in [0.15, 0.2) is 24.8 Å². The van der Waals surface area contributed by atoms with E-state index < -0.39 is 22.7 Å². The Labute approximate surface area is 206 Å². The Kier molecular flexibility index (Phi) is 8.35. The zero-order valence-electron chi connectivity index (χ0n) is 18.3. The van der Waals surface area contributed by atoms with E-state index in [2.05, 4.69) is 25.3 Å². The summed E-state index contributed by atoms with van der Waals surface area (Å²) >= 11 is 6.54. The van der Waals surface area contributed by atoms with Gasteiger partial charge in [-0.15, -0.1) is 11.3 Å². The van der Waals surface area contributed by atoms with Crippen LogP contribution in [-0.2, 0) is 12.6 Å². The average molecular weight is 529 g/mol. The van der Waals surface area contributed by atoms with Crippen molar-refractivity contribution in [1.29, 1.82) is 0 Å². The number of aliphatic hydroxyl groups excluding tert-OH is 1. The zero-order valence-corrected chi connectivity index (χ0v) is 19.8. The van der Waals surface area contributed by atoms with E-state index in [1.54, 1.807) is 6.92 Å². The van der Waals surface area contributed by atoms with E-state index in [0.29, 0.717) is 29.5 Å². The van der Waals surface area contributed by atoms with Gasteiger partial charge in [-0.1, -0.05) is 18.5 Å². The van der Waals surface area contributed by atoms with Crippen LogP contribution in [0.1, 0.15) is 62.0 Å². The molecule has 0 radical (unpaired) electrons. The third kappa shape index (κ3) is 6.50. The highest BCUT2D eigenvalue weighted by molar-refractivity contribution is 7.13. The first-order valence-electron chi connectivity index (χ1n) is 10.2. The first-order chi connectivity index (χ1) is 16.5. The number of anilines is 2. The fourth-order valence-corrected chi connectivity index (χ4v) is 4.23. The molecule has 0 fully saturated rings. The summed E-state index contributed by atoms with van der Waals surface area (Å²) in [7, 11) is 0. The molecule has 3 rings (SSSR count). The molecule has 0 aliphatic carbocycles. The molecule has 14 heteroatoms. The van der Waals surface area contributed by atoms with Crippen molar-refractivity contribution in [2.45, 2.75) is 38.3 Å². The number of aliphatic hydroxyl groups is 1. The van der Waals surface area contributed by atoms with Crippen molar-refractivity contribution < 1.29 is 27.9 Å². The van der Waals surface area contributed by atoms with Crippen molar-refractivity contribution in [2.24, 2.45) is 0 Å². The summed E-state index contributed by atoms with van der Waals surface area (Å²) in [6, 6.07) is 0.644. The molecule has 186 valence electrons. The number of aromatic nitrogens is 4. The highest BCUT2D eigenvalue weighted by Gasteiger charge is 2.34. The van der Waals surface area contributed by atoms with Gasteiger partial charge < -0.3 is 16.2 Å². The number of ketones is 1. The molecule has 3 aromatic heterocycles. The third-order valence-corrected chi connectivity index (χ3v) is 6.42. The van der Waals surface area contributed by atoms with Crippen LogP contribution in [0.4, 0.5) is 24.8 Å². The van der Waals surface area contributed by atoms with E-state index in [0.717, 1.165) is 17.5 Å². The second kappa shape index (κ2) is 11.1. The molecule has 0 aliphatic rings. The van der Waals surface area contributed by atoms with E-state index in [9.17, 15) is 22.8 Å². The smallest absolute Gasteiger partial charge is 0.396 e. The quantitative estimate of drug-likeness (QED) is 0.351. The number of nitrogen functional groups attached to an aromatic ring is 1. The maximum absolute atomic E-state index is 13.0. The second-order valence-electron chi connectivity index (χ2n) is 7.51. The fourth-order valence-electron chi connectivity index (χ4n) is 3.15. The number of pyridine rings is 1. The van der Waals surface area contributed by atoms with Gasteiger partial charge in [-0.25, -0.2) is 19.9 Å². The van der Waals surface area contributed by atoms with E-state index in [1.807, 2.05) is 0 Å². The molecule has 0 saturated heterocycles. The van der Waals surface area contributed by atoms with Crippen LogP contribution in [0.2, 0.25) is 5.02 Å². The molecule has 35 heavy (non-hydrogen) atoms. The number of halogens is 4. The van der Waals surface area contributed by atoms with E-state index in [-0.39, 0.29) is 46.9 Å². The van der Waals surface area contributed by atoms with E-state index in [1.165, 1.54) is 12.5 Å². The Bertz CT molecular complexity index is 1240. The molecular weight excluding hydrogens is 509 g/mol. The molecular formula is C21H20ClF3N6O3S. The summed E-state index contributed by atoms with van der Waals surface area (Å²) < 4.78 is 39.1. The van der Waals surface area contributed by atoms with Gasteiger partial charge in [-0.3, -0.25) is 9.59 Å². The van der Waals surface area contributed by atoms with Crippen molar-refractivity contribution in [3.8, 4) is 0 Å². The number of hydrogen-bond donors (Lipinski definition) is 3. The number of nitrogens with zero attached hydrogens (tertiary/aromatic N) is 4. The number of nitrogens with two attached hydrogens (primary N) is 1. The van der Waals surface area contributed by atoms with Gasteiger partial charge in [-0.2, -0.15) is 13.2 Å². The number of carbonyl (C=O) groups is 2. The summed E-state index contributed by atoms with van der Waals surface area (Å²) in [5, 5.41) is 11.3. The molecule has 1 amide bonds. The van der Waals surface area contributed by atoms with E-state index in [4.69, 9.17) is 22.4 Å². The monoisotopic (exact) mass is 528 g/mol. The number of carbonyl (C=O) groups excluding carboxylic acids is 2. The van der Waals surface area contributed by atoms with Crippen LogP contribution in [0.25, 0.3) is 0 Å². The molecule has 3 aromatic rings. The van der Waals surface area contributed by atoms with Gasteiger partial charge in [0.1, 0.15) is 28.5 Å². The van der Waals surface area contributed by atoms with Gasteiger partial charge in [0.05, 0.1) is 21.8 Å². The normalized spacial score (nSPS) is 12.4. The second-order valence-corrected chi connectivity index (χ2v) is 8.98.